The summed E-state index contributed by atoms with van der Waals surface area (Å²) in [4.78, 5) is 35.5. The number of hydrogen-bond acceptors (Lipinski definition) is 6. The number of methoxy groups -OCH3 is 1. The molecule has 0 aliphatic carbocycles. The second-order valence-electron chi connectivity index (χ2n) is 5.81. The third kappa shape index (κ3) is 3.61. The van der Waals surface area contributed by atoms with Gasteiger partial charge in [-0.1, -0.05) is 6.07 Å². The summed E-state index contributed by atoms with van der Waals surface area (Å²) in [7, 11) is 1.29. The van der Waals surface area contributed by atoms with E-state index in [1.54, 1.807) is 25.1 Å². The van der Waals surface area contributed by atoms with Gasteiger partial charge in [0.05, 0.1) is 30.1 Å². The van der Waals surface area contributed by atoms with Crippen LogP contribution in [0.4, 0.5) is 5.69 Å². The van der Waals surface area contributed by atoms with Gasteiger partial charge in [0.1, 0.15) is 0 Å². The number of aryl methyl sites for hydroxylation is 1. The van der Waals surface area contributed by atoms with Gasteiger partial charge < -0.3 is 10.1 Å². The third-order valence-corrected chi connectivity index (χ3v) is 4.04. The first-order valence-corrected chi connectivity index (χ1v) is 8.01. The summed E-state index contributed by atoms with van der Waals surface area (Å²) in [5.74, 6) is -0.484. The predicted molar refractivity (Wildman–Crippen MR) is 97.2 cm³/mol. The van der Waals surface area contributed by atoms with Gasteiger partial charge >= 0.3 is 5.97 Å². The van der Waals surface area contributed by atoms with Crippen LogP contribution in [-0.4, -0.2) is 39.0 Å². The largest absolute Gasteiger partial charge is 0.465 e. The maximum Gasteiger partial charge on any atom is 0.337 e. The van der Waals surface area contributed by atoms with Gasteiger partial charge in [0, 0.05) is 11.8 Å². The van der Waals surface area contributed by atoms with Gasteiger partial charge in [-0.3, -0.25) is 9.59 Å². The summed E-state index contributed by atoms with van der Waals surface area (Å²) >= 11 is 0. The lowest BCUT2D eigenvalue weighted by Crippen LogP contribution is -2.15. The van der Waals surface area contributed by atoms with E-state index < -0.39 is 5.97 Å². The van der Waals surface area contributed by atoms with Crippen molar-refractivity contribution in [1.82, 2.24) is 20.0 Å². The molecule has 0 saturated carbocycles. The fourth-order valence-electron chi connectivity index (χ4n) is 2.51. The van der Waals surface area contributed by atoms with Crippen LogP contribution in [0, 0.1) is 13.8 Å². The number of carbonyl (C=O) groups is 2. The highest BCUT2D eigenvalue weighted by Gasteiger charge is 2.17. The summed E-state index contributed by atoms with van der Waals surface area (Å²) in [6.45, 7) is 3.53. The first-order chi connectivity index (χ1) is 12.9. The van der Waals surface area contributed by atoms with Gasteiger partial charge in [0.15, 0.2) is 5.82 Å². The van der Waals surface area contributed by atoms with Gasteiger partial charge in [-0.25, -0.2) is 14.6 Å². The third-order valence-electron chi connectivity index (χ3n) is 4.04. The molecule has 0 radical (unpaired) electrons. The van der Waals surface area contributed by atoms with Crippen LogP contribution in [0.3, 0.4) is 0 Å². The van der Waals surface area contributed by atoms with Gasteiger partial charge in [0.25, 0.3) is 11.5 Å². The van der Waals surface area contributed by atoms with E-state index in [9.17, 15) is 14.4 Å². The number of benzene rings is 1. The number of hydrogen-bond donors (Lipinski definition) is 2. The molecular formula is C18H17N5O4. The number of aromatic nitrogens is 4. The molecule has 0 aliphatic rings. The Bertz CT molecular complexity index is 1060. The molecule has 0 fully saturated rings. The summed E-state index contributed by atoms with van der Waals surface area (Å²) in [5.41, 5.74) is 2.19. The molecule has 2 aromatic heterocycles. The van der Waals surface area contributed by atoms with Gasteiger partial charge in [-0.2, -0.15) is 10.2 Å². The van der Waals surface area contributed by atoms with E-state index >= 15 is 0 Å². The fraction of sp³-hybridized carbons (Fsp3) is 0.167. The number of nitrogens with zero attached hydrogens (tertiary/aromatic N) is 3. The number of amides is 1. The topological polar surface area (TPSA) is 119 Å². The quantitative estimate of drug-likeness (QED) is 0.676. The minimum atomic E-state index is -0.487. The molecule has 9 heteroatoms. The Kier molecular flexibility index (Phi) is 4.84. The van der Waals surface area contributed by atoms with E-state index in [-0.39, 0.29) is 11.5 Å². The van der Waals surface area contributed by atoms with Gasteiger partial charge in [-0.15, -0.1) is 0 Å². The van der Waals surface area contributed by atoms with Crippen LogP contribution in [0.5, 0.6) is 0 Å². The van der Waals surface area contributed by atoms with Crippen LogP contribution < -0.4 is 10.9 Å². The summed E-state index contributed by atoms with van der Waals surface area (Å²) in [6, 6.07) is 7.74. The molecule has 1 amide bonds. The van der Waals surface area contributed by atoms with Crippen LogP contribution >= 0.6 is 0 Å². The highest BCUT2D eigenvalue weighted by molar-refractivity contribution is 6.06. The second kappa shape index (κ2) is 7.24. The molecule has 138 valence electrons. The van der Waals surface area contributed by atoms with E-state index in [1.807, 2.05) is 6.92 Å². The van der Waals surface area contributed by atoms with Crippen molar-refractivity contribution in [3.05, 3.63) is 69.3 Å². The Hall–Kier alpha value is -3.75. The number of ether oxygens (including phenoxy) is 1. The zero-order valence-electron chi connectivity index (χ0n) is 14.9. The molecule has 0 spiro atoms. The fourth-order valence-corrected chi connectivity index (χ4v) is 2.51. The van der Waals surface area contributed by atoms with Crippen molar-refractivity contribution in [2.24, 2.45) is 0 Å². The van der Waals surface area contributed by atoms with E-state index in [4.69, 9.17) is 4.74 Å². The molecule has 2 N–H and O–H groups in total. The number of nitrogens with one attached hydrogen (secondary N) is 2. The van der Waals surface area contributed by atoms with Crippen molar-refractivity contribution in [3.63, 3.8) is 0 Å². The zero-order chi connectivity index (χ0) is 19.6. The molecule has 0 saturated heterocycles. The molecule has 0 unspecified atom stereocenters. The number of aromatic amines is 1. The van der Waals surface area contributed by atoms with E-state index in [0.29, 0.717) is 28.3 Å². The standard InChI is InChI=1S/C18H17N5O4/c1-10-4-5-12(18(26)27-3)8-14(10)20-17(25)13-9-19-23(11(13)2)15-6-7-16(24)22-21-15/h4-9H,1-3H3,(H,20,25)(H,22,24). The van der Waals surface area contributed by atoms with Crippen molar-refractivity contribution in [1.29, 1.82) is 0 Å². The molecular weight excluding hydrogens is 350 g/mol. The lowest BCUT2D eigenvalue weighted by Gasteiger charge is -2.10. The Morgan fingerprint density at radius 3 is 2.63 bits per heavy atom. The van der Waals surface area contributed by atoms with Crippen LogP contribution in [0.1, 0.15) is 32.0 Å². The average Bonchev–Trinajstić information content (AvgIpc) is 3.05. The summed E-state index contributed by atoms with van der Waals surface area (Å²) in [5, 5.41) is 13.2. The summed E-state index contributed by atoms with van der Waals surface area (Å²) < 4.78 is 6.15. The molecule has 3 rings (SSSR count). The Labute approximate surface area is 154 Å². The second-order valence-corrected chi connectivity index (χ2v) is 5.81. The van der Waals surface area contributed by atoms with Gasteiger partial charge in [-0.05, 0) is 37.6 Å². The van der Waals surface area contributed by atoms with Crippen LogP contribution in [0.2, 0.25) is 0 Å². The zero-order valence-corrected chi connectivity index (χ0v) is 14.9. The van der Waals surface area contributed by atoms with E-state index in [0.717, 1.165) is 5.56 Å². The number of esters is 1. The molecule has 0 bridgehead atoms. The number of rotatable bonds is 4. The Morgan fingerprint density at radius 2 is 1.96 bits per heavy atom. The number of anilines is 1. The van der Waals surface area contributed by atoms with Crippen molar-refractivity contribution < 1.29 is 14.3 Å². The molecule has 1 aromatic carbocycles. The SMILES string of the molecule is COC(=O)c1ccc(C)c(NC(=O)c2cnn(-c3ccc(=O)[nH]n3)c2C)c1. The monoisotopic (exact) mass is 367 g/mol. The maximum atomic E-state index is 12.7. The average molecular weight is 367 g/mol. The first-order valence-electron chi connectivity index (χ1n) is 8.01. The maximum absolute atomic E-state index is 12.7. The molecule has 0 aliphatic heterocycles. The first kappa shape index (κ1) is 18.1. The van der Waals surface area contributed by atoms with Crippen LogP contribution in [0.15, 0.2) is 41.3 Å². The van der Waals surface area contributed by atoms with Crippen LogP contribution in [-0.2, 0) is 4.74 Å². The van der Waals surface area contributed by atoms with E-state index in [2.05, 4.69) is 20.6 Å². The van der Waals surface area contributed by atoms with Gasteiger partial charge in [0.2, 0.25) is 0 Å². The highest BCUT2D eigenvalue weighted by atomic mass is 16.5. The lowest BCUT2D eigenvalue weighted by molar-refractivity contribution is 0.0600. The van der Waals surface area contributed by atoms with Crippen molar-refractivity contribution in [3.8, 4) is 5.82 Å². The molecule has 0 atom stereocenters. The molecule has 2 heterocycles. The number of H-pyrrole nitrogens is 1. The summed E-state index contributed by atoms with van der Waals surface area (Å²) in [6.07, 6.45) is 1.41. The smallest absolute Gasteiger partial charge is 0.337 e. The minimum Gasteiger partial charge on any atom is -0.465 e. The van der Waals surface area contributed by atoms with Crippen LogP contribution in [0.25, 0.3) is 5.82 Å². The Balaban J connectivity index is 1.88. The van der Waals surface area contributed by atoms with Crippen molar-refractivity contribution >= 4 is 17.6 Å². The minimum absolute atomic E-state index is 0.331. The normalized spacial score (nSPS) is 10.5. The molecule has 3 aromatic rings. The Morgan fingerprint density at radius 1 is 1.19 bits per heavy atom. The molecule has 9 nitrogen and oxygen atoms in total. The van der Waals surface area contributed by atoms with Crippen molar-refractivity contribution in [2.75, 3.05) is 12.4 Å². The molecule has 27 heavy (non-hydrogen) atoms. The lowest BCUT2D eigenvalue weighted by atomic mass is 10.1. The highest BCUT2D eigenvalue weighted by Crippen LogP contribution is 2.20. The number of carbonyl (C=O) groups excluding carboxylic acids is 2. The van der Waals surface area contributed by atoms with Crippen molar-refractivity contribution in [2.45, 2.75) is 13.8 Å². The van der Waals surface area contributed by atoms with E-state index in [1.165, 1.54) is 30.1 Å². The predicted octanol–water partition coefficient (Wildman–Crippen LogP) is 1.61.